The molecule has 0 aliphatic carbocycles. The van der Waals surface area contributed by atoms with Crippen LogP contribution in [0.25, 0.3) is 0 Å². The molecule has 1 spiro atoms. The summed E-state index contributed by atoms with van der Waals surface area (Å²) < 4.78 is 23.3. The van der Waals surface area contributed by atoms with Gasteiger partial charge in [-0.2, -0.15) is 0 Å². The molecule has 3 rings (SSSR count). The van der Waals surface area contributed by atoms with Crippen molar-refractivity contribution in [3.8, 4) is 0 Å². The Morgan fingerprint density at radius 2 is 1.86 bits per heavy atom. The molecule has 0 radical (unpaired) electrons. The Balaban J connectivity index is 1.48. The molecular weight excluding hydrogens is 552 g/mol. The molecule has 3 N–H and O–H groups in total. The molecule has 3 fully saturated rings. The van der Waals surface area contributed by atoms with Crippen LogP contribution in [0.3, 0.4) is 0 Å². The van der Waals surface area contributed by atoms with Crippen molar-refractivity contribution in [2.45, 2.75) is 129 Å². The number of carbonyl (C=O) groups is 3. The number of esters is 1. The Kier molecular flexibility index (Phi) is 13.0. The number of hydrogen-bond donors (Lipinski definition) is 3. The third kappa shape index (κ3) is 10.6. The normalized spacial score (nSPS) is 33.6. The number of amides is 2. The molecule has 0 aromatic heterocycles. The topological polar surface area (TPSA) is 136 Å². The largest absolute Gasteiger partial charge is 0.458 e. The Hall–Kier alpha value is -2.53. The highest BCUT2D eigenvalue weighted by molar-refractivity contribution is 5.87. The summed E-state index contributed by atoms with van der Waals surface area (Å²) in [6.07, 6.45) is 9.72. The summed E-state index contributed by atoms with van der Waals surface area (Å²) >= 11 is 0. The van der Waals surface area contributed by atoms with Crippen LogP contribution in [0.4, 0.5) is 0 Å². The van der Waals surface area contributed by atoms with Crippen LogP contribution in [0.2, 0.25) is 0 Å². The van der Waals surface area contributed by atoms with Crippen LogP contribution >= 0.6 is 0 Å². The van der Waals surface area contributed by atoms with Gasteiger partial charge in [-0.3, -0.25) is 14.4 Å². The molecule has 0 aromatic rings. The van der Waals surface area contributed by atoms with Gasteiger partial charge in [-0.05, 0) is 52.0 Å². The lowest BCUT2D eigenvalue weighted by molar-refractivity contribution is -0.150. The van der Waals surface area contributed by atoms with E-state index in [1.165, 1.54) is 6.08 Å². The first-order chi connectivity index (χ1) is 20.3. The minimum atomic E-state index is -0.783. The third-order valence-corrected chi connectivity index (χ3v) is 8.33. The molecule has 0 saturated carbocycles. The smallest absolute Gasteiger partial charge is 0.308 e. The molecular formula is C33H52N2O8. The Bertz CT molecular complexity index is 1050. The van der Waals surface area contributed by atoms with E-state index in [2.05, 4.69) is 23.6 Å². The molecule has 3 saturated heterocycles. The van der Waals surface area contributed by atoms with E-state index in [4.69, 9.17) is 18.9 Å². The zero-order chi connectivity index (χ0) is 31.7. The second-order valence-electron chi connectivity index (χ2n) is 12.7. The van der Waals surface area contributed by atoms with Gasteiger partial charge in [0.2, 0.25) is 11.8 Å². The van der Waals surface area contributed by atoms with Gasteiger partial charge < -0.3 is 34.7 Å². The molecule has 2 amide bonds. The maximum absolute atomic E-state index is 12.5. The average molecular weight is 605 g/mol. The van der Waals surface area contributed by atoms with Crippen molar-refractivity contribution in [3.05, 3.63) is 36.0 Å². The van der Waals surface area contributed by atoms with Gasteiger partial charge in [0.15, 0.2) is 0 Å². The number of epoxide rings is 1. The monoisotopic (exact) mass is 604 g/mol. The highest BCUT2D eigenvalue weighted by atomic mass is 16.6. The van der Waals surface area contributed by atoms with E-state index >= 15 is 0 Å². The quantitative estimate of drug-likeness (QED) is 0.126. The van der Waals surface area contributed by atoms with Crippen LogP contribution in [0.15, 0.2) is 36.0 Å². The van der Waals surface area contributed by atoms with Crippen LogP contribution in [-0.2, 0) is 33.3 Å². The molecule has 3 aliphatic heterocycles. The Morgan fingerprint density at radius 1 is 1.14 bits per heavy atom. The first-order valence-electron chi connectivity index (χ1n) is 15.8. The molecule has 242 valence electrons. The van der Waals surface area contributed by atoms with Crippen molar-refractivity contribution in [2.24, 2.45) is 11.8 Å². The molecule has 0 bridgehead atoms. The number of aliphatic hydroxyl groups excluding tert-OH is 1. The molecule has 3 heterocycles. The fourth-order valence-corrected chi connectivity index (χ4v) is 5.49. The summed E-state index contributed by atoms with van der Waals surface area (Å²) in [5, 5.41) is 16.8. The highest BCUT2D eigenvalue weighted by Gasteiger charge is 2.58. The van der Waals surface area contributed by atoms with Crippen LogP contribution in [0.5, 0.6) is 0 Å². The highest BCUT2D eigenvalue weighted by Crippen LogP contribution is 2.43. The zero-order valence-corrected chi connectivity index (χ0v) is 26.8. The van der Waals surface area contributed by atoms with Crippen molar-refractivity contribution in [1.29, 1.82) is 0 Å². The van der Waals surface area contributed by atoms with Crippen molar-refractivity contribution >= 4 is 17.8 Å². The number of aliphatic hydroxyl groups is 1. The lowest BCUT2D eigenvalue weighted by Crippen LogP contribution is -2.50. The zero-order valence-electron chi connectivity index (χ0n) is 26.8. The van der Waals surface area contributed by atoms with Crippen molar-refractivity contribution in [1.82, 2.24) is 10.6 Å². The van der Waals surface area contributed by atoms with E-state index in [9.17, 15) is 19.5 Å². The van der Waals surface area contributed by atoms with Gasteiger partial charge in [0, 0.05) is 19.0 Å². The summed E-state index contributed by atoms with van der Waals surface area (Å²) in [5.74, 6) is -0.592. The summed E-state index contributed by atoms with van der Waals surface area (Å²) in [6.45, 7) is 14.5. The van der Waals surface area contributed by atoms with Crippen LogP contribution in [0, 0.1) is 11.8 Å². The van der Waals surface area contributed by atoms with E-state index in [1.54, 1.807) is 26.8 Å². The van der Waals surface area contributed by atoms with E-state index in [0.717, 1.165) is 18.4 Å². The van der Waals surface area contributed by atoms with Gasteiger partial charge in [0.25, 0.3) is 0 Å². The SMILES string of the molecule is CCCNC(=O)C[C@@H]1C[C@@]2(CO2)[C@H](O)[C@@H](/C=C/C(C)=C/C[C@@H]2O[C@H](C)[C@H](NC(=O)C=CC(C)OC(=O)C(C)C)C[C@@H]2C)O1. The second kappa shape index (κ2) is 16.0. The number of nitrogens with one attached hydrogen (secondary N) is 2. The summed E-state index contributed by atoms with van der Waals surface area (Å²) in [7, 11) is 0. The minimum absolute atomic E-state index is 0.00294. The maximum atomic E-state index is 12.5. The summed E-state index contributed by atoms with van der Waals surface area (Å²) in [5.41, 5.74) is 0.392. The number of rotatable bonds is 13. The first kappa shape index (κ1) is 35.0. The van der Waals surface area contributed by atoms with Gasteiger partial charge >= 0.3 is 5.97 Å². The van der Waals surface area contributed by atoms with Crippen LogP contribution in [0.1, 0.15) is 80.6 Å². The van der Waals surface area contributed by atoms with Gasteiger partial charge in [0.05, 0.1) is 43.3 Å². The fourth-order valence-electron chi connectivity index (χ4n) is 5.49. The second-order valence-corrected chi connectivity index (χ2v) is 12.7. The van der Waals surface area contributed by atoms with E-state index < -0.39 is 23.9 Å². The van der Waals surface area contributed by atoms with Crippen molar-refractivity contribution < 1.29 is 38.4 Å². The lowest BCUT2D eigenvalue weighted by Gasteiger charge is -2.39. The van der Waals surface area contributed by atoms with E-state index in [1.807, 2.05) is 32.9 Å². The van der Waals surface area contributed by atoms with Gasteiger partial charge in [-0.1, -0.05) is 51.5 Å². The minimum Gasteiger partial charge on any atom is -0.458 e. The van der Waals surface area contributed by atoms with Crippen LogP contribution < -0.4 is 10.6 Å². The number of ether oxygens (including phenoxy) is 4. The molecule has 1 unspecified atom stereocenters. The molecule has 10 nitrogen and oxygen atoms in total. The molecule has 3 aliphatic rings. The average Bonchev–Trinajstić information content (AvgIpc) is 3.72. The fraction of sp³-hybridized carbons (Fsp3) is 0.727. The summed E-state index contributed by atoms with van der Waals surface area (Å²) in [6, 6.07) is -0.124. The van der Waals surface area contributed by atoms with Gasteiger partial charge in [0.1, 0.15) is 23.9 Å². The van der Waals surface area contributed by atoms with E-state index in [-0.39, 0.29) is 60.4 Å². The molecule has 9 atom stereocenters. The van der Waals surface area contributed by atoms with Crippen LogP contribution in [-0.4, -0.2) is 84.3 Å². The molecule has 10 heteroatoms. The Morgan fingerprint density at radius 3 is 2.51 bits per heavy atom. The lowest BCUT2D eigenvalue weighted by atomic mass is 9.87. The molecule has 0 aromatic carbocycles. The Labute approximate surface area is 256 Å². The van der Waals surface area contributed by atoms with Gasteiger partial charge in [-0.15, -0.1) is 0 Å². The standard InChI is InChI=1S/C33H52N2O8/c1-8-15-34-30(37)17-25-18-33(19-40-33)31(38)28(43-25)13-10-21(4)9-12-27-22(5)16-26(24(7)42-27)35-29(36)14-11-23(6)41-32(39)20(2)3/h9-11,13-14,20,22-28,31,38H,8,12,15-19H2,1-7H3,(H,34,37)(H,35,36)/b13-10+,14-11?,21-9+/t22-,23?,24+,25+,26+,27-,28+,31+,33+/m0/s1. The summed E-state index contributed by atoms with van der Waals surface area (Å²) in [4.78, 5) is 36.5. The predicted octanol–water partition coefficient (Wildman–Crippen LogP) is 3.52. The predicted molar refractivity (Wildman–Crippen MR) is 163 cm³/mol. The number of carbonyl (C=O) groups excluding carboxylic acids is 3. The maximum Gasteiger partial charge on any atom is 0.308 e. The first-order valence-corrected chi connectivity index (χ1v) is 15.8. The van der Waals surface area contributed by atoms with Gasteiger partial charge in [-0.25, -0.2) is 0 Å². The number of allylic oxidation sites excluding steroid dienone is 2. The van der Waals surface area contributed by atoms with E-state index in [0.29, 0.717) is 26.0 Å². The van der Waals surface area contributed by atoms with Crippen molar-refractivity contribution in [3.63, 3.8) is 0 Å². The third-order valence-electron chi connectivity index (χ3n) is 8.33. The number of hydrogen-bond acceptors (Lipinski definition) is 8. The van der Waals surface area contributed by atoms with Crippen molar-refractivity contribution in [2.75, 3.05) is 13.2 Å². The molecule has 43 heavy (non-hydrogen) atoms.